The molecule has 0 saturated carbocycles. The Bertz CT molecular complexity index is 1190. The second-order valence-electron chi connectivity index (χ2n) is 6.54. The lowest BCUT2D eigenvalue weighted by atomic mass is 10.2. The number of carbonyl (C=O) groups excluding carboxylic acids is 1. The van der Waals surface area contributed by atoms with E-state index in [0.29, 0.717) is 28.0 Å². The van der Waals surface area contributed by atoms with Crippen molar-refractivity contribution in [2.75, 3.05) is 26.2 Å². The fourth-order valence-electron chi connectivity index (χ4n) is 3.21. The third-order valence-corrected chi connectivity index (χ3v) is 9.08. The highest BCUT2D eigenvalue weighted by atomic mass is 79.9. The topological polar surface area (TPSA) is 57.7 Å². The standard InChI is InChI=1S/C19H15BrCl2N2O3S2/c20-12-1-4-14(5-2-12)29(26,27)24-9-7-23(8-10-24)19(25)18-17(22)15-6-3-13(21)11-16(15)28-18/h1-6,11H,7-10H2. The Morgan fingerprint density at radius 3 is 2.31 bits per heavy atom. The van der Waals surface area contributed by atoms with E-state index in [4.69, 9.17) is 23.2 Å². The fourth-order valence-corrected chi connectivity index (χ4v) is 6.65. The number of hydrogen-bond acceptors (Lipinski definition) is 4. The van der Waals surface area contributed by atoms with Crippen LogP contribution in [-0.4, -0.2) is 49.7 Å². The van der Waals surface area contributed by atoms with Gasteiger partial charge in [0.15, 0.2) is 0 Å². The summed E-state index contributed by atoms with van der Waals surface area (Å²) >= 11 is 17.1. The first-order valence-electron chi connectivity index (χ1n) is 8.70. The molecule has 0 bridgehead atoms. The number of piperazine rings is 1. The fraction of sp³-hybridized carbons (Fsp3) is 0.211. The van der Waals surface area contributed by atoms with E-state index in [0.717, 1.165) is 14.6 Å². The van der Waals surface area contributed by atoms with Crippen molar-refractivity contribution in [2.45, 2.75) is 4.90 Å². The minimum atomic E-state index is -3.59. The Morgan fingerprint density at radius 1 is 1.00 bits per heavy atom. The molecule has 29 heavy (non-hydrogen) atoms. The van der Waals surface area contributed by atoms with Crippen LogP contribution in [0.15, 0.2) is 51.8 Å². The van der Waals surface area contributed by atoms with Gasteiger partial charge in [0.05, 0.1) is 9.92 Å². The van der Waals surface area contributed by atoms with Crippen LogP contribution in [0.4, 0.5) is 0 Å². The molecule has 2 heterocycles. The molecule has 5 nitrogen and oxygen atoms in total. The van der Waals surface area contributed by atoms with Gasteiger partial charge in [0.25, 0.3) is 5.91 Å². The van der Waals surface area contributed by atoms with E-state index in [-0.39, 0.29) is 23.9 Å². The van der Waals surface area contributed by atoms with Crippen molar-refractivity contribution in [1.29, 1.82) is 0 Å². The van der Waals surface area contributed by atoms with Crippen LogP contribution in [0.2, 0.25) is 10.0 Å². The summed E-state index contributed by atoms with van der Waals surface area (Å²) < 4.78 is 28.7. The molecule has 2 aromatic carbocycles. The van der Waals surface area contributed by atoms with Crippen LogP contribution < -0.4 is 0 Å². The van der Waals surface area contributed by atoms with Crippen molar-refractivity contribution < 1.29 is 13.2 Å². The average Bonchev–Trinajstić information content (AvgIpc) is 3.03. The first kappa shape index (κ1) is 21.1. The van der Waals surface area contributed by atoms with Gasteiger partial charge in [0.1, 0.15) is 4.88 Å². The first-order valence-corrected chi connectivity index (χ1v) is 12.5. The smallest absolute Gasteiger partial charge is 0.265 e. The molecule has 0 aliphatic carbocycles. The van der Waals surface area contributed by atoms with E-state index < -0.39 is 10.0 Å². The average molecular weight is 534 g/mol. The van der Waals surface area contributed by atoms with Crippen molar-refractivity contribution in [3.8, 4) is 0 Å². The van der Waals surface area contributed by atoms with Gasteiger partial charge >= 0.3 is 0 Å². The monoisotopic (exact) mass is 532 g/mol. The van der Waals surface area contributed by atoms with Gasteiger partial charge in [-0.05, 0) is 36.4 Å². The Hall–Kier alpha value is -1.16. The molecule has 0 unspecified atom stereocenters. The van der Waals surface area contributed by atoms with E-state index in [9.17, 15) is 13.2 Å². The van der Waals surface area contributed by atoms with Crippen molar-refractivity contribution in [1.82, 2.24) is 9.21 Å². The zero-order valence-corrected chi connectivity index (χ0v) is 19.7. The molecular formula is C19H15BrCl2N2O3S2. The van der Waals surface area contributed by atoms with Gasteiger partial charge in [0, 0.05) is 45.8 Å². The summed E-state index contributed by atoms with van der Waals surface area (Å²) in [6.07, 6.45) is 0. The lowest BCUT2D eigenvalue weighted by molar-refractivity contribution is 0.0703. The van der Waals surface area contributed by atoms with Crippen molar-refractivity contribution in [2.24, 2.45) is 0 Å². The summed E-state index contributed by atoms with van der Waals surface area (Å²) in [5.41, 5.74) is 0. The molecule has 1 aliphatic heterocycles. The highest BCUT2D eigenvalue weighted by molar-refractivity contribution is 9.10. The van der Waals surface area contributed by atoms with E-state index in [1.54, 1.807) is 47.4 Å². The van der Waals surface area contributed by atoms with Gasteiger partial charge in [-0.2, -0.15) is 4.31 Å². The zero-order valence-electron chi connectivity index (χ0n) is 14.9. The molecule has 1 fully saturated rings. The summed E-state index contributed by atoms with van der Waals surface area (Å²) in [6.45, 7) is 1.08. The summed E-state index contributed by atoms with van der Waals surface area (Å²) in [5, 5.41) is 1.79. The van der Waals surface area contributed by atoms with E-state index in [1.165, 1.54) is 15.6 Å². The van der Waals surface area contributed by atoms with Crippen molar-refractivity contribution in [3.05, 3.63) is 61.9 Å². The summed E-state index contributed by atoms with van der Waals surface area (Å²) in [4.78, 5) is 15.3. The number of sulfonamides is 1. The minimum Gasteiger partial charge on any atom is -0.335 e. The molecule has 3 aromatic rings. The van der Waals surface area contributed by atoms with Gasteiger partial charge in [-0.15, -0.1) is 11.3 Å². The number of rotatable bonds is 3. The highest BCUT2D eigenvalue weighted by Gasteiger charge is 2.31. The molecular weight excluding hydrogens is 519 g/mol. The molecule has 4 rings (SSSR count). The quantitative estimate of drug-likeness (QED) is 0.469. The number of nitrogens with zero attached hydrogens (tertiary/aromatic N) is 2. The van der Waals surface area contributed by atoms with Crippen LogP contribution in [0.25, 0.3) is 10.1 Å². The molecule has 0 radical (unpaired) electrons. The maximum Gasteiger partial charge on any atom is 0.265 e. The number of amides is 1. The van der Waals surface area contributed by atoms with Crippen LogP contribution in [-0.2, 0) is 10.0 Å². The second kappa shape index (κ2) is 8.17. The third-order valence-electron chi connectivity index (χ3n) is 4.76. The highest BCUT2D eigenvalue weighted by Crippen LogP contribution is 2.37. The Balaban J connectivity index is 1.50. The lowest BCUT2D eigenvalue weighted by Crippen LogP contribution is -2.50. The first-order chi connectivity index (χ1) is 13.8. The molecule has 10 heteroatoms. The summed E-state index contributed by atoms with van der Waals surface area (Å²) in [6, 6.07) is 11.9. The van der Waals surface area contributed by atoms with Crippen molar-refractivity contribution >= 4 is 76.5 Å². The molecule has 0 N–H and O–H groups in total. The van der Waals surface area contributed by atoms with Crippen LogP contribution >= 0.6 is 50.5 Å². The number of hydrogen-bond donors (Lipinski definition) is 0. The van der Waals surface area contributed by atoms with Gasteiger partial charge in [-0.3, -0.25) is 4.79 Å². The summed E-state index contributed by atoms with van der Waals surface area (Å²) in [5.74, 6) is -0.187. The largest absolute Gasteiger partial charge is 0.335 e. The normalized spacial score (nSPS) is 15.8. The number of carbonyl (C=O) groups is 1. The third kappa shape index (κ3) is 4.06. The number of benzene rings is 2. The van der Waals surface area contributed by atoms with Crippen LogP contribution in [0.1, 0.15) is 9.67 Å². The van der Waals surface area contributed by atoms with E-state index in [2.05, 4.69) is 15.9 Å². The number of thiophene rings is 1. The van der Waals surface area contributed by atoms with Crippen LogP contribution in [0.5, 0.6) is 0 Å². The second-order valence-corrected chi connectivity index (χ2v) is 11.3. The Kier molecular flexibility index (Phi) is 5.94. The molecule has 1 saturated heterocycles. The Morgan fingerprint density at radius 2 is 1.66 bits per heavy atom. The predicted octanol–water partition coefficient (Wildman–Crippen LogP) is 5.12. The van der Waals surface area contributed by atoms with Crippen LogP contribution in [0, 0.1) is 0 Å². The number of fused-ring (bicyclic) bond motifs is 1. The van der Waals surface area contributed by atoms with Gasteiger partial charge in [-0.1, -0.05) is 45.2 Å². The Labute approximate surface area is 191 Å². The lowest BCUT2D eigenvalue weighted by Gasteiger charge is -2.33. The van der Waals surface area contributed by atoms with E-state index >= 15 is 0 Å². The molecule has 1 aromatic heterocycles. The number of halogens is 3. The SMILES string of the molecule is O=C(c1sc2cc(Cl)ccc2c1Cl)N1CCN(S(=O)(=O)c2ccc(Br)cc2)CC1. The maximum atomic E-state index is 13.0. The minimum absolute atomic E-state index is 0.187. The van der Waals surface area contributed by atoms with Gasteiger partial charge in [-0.25, -0.2) is 8.42 Å². The maximum absolute atomic E-state index is 13.0. The molecule has 0 spiro atoms. The van der Waals surface area contributed by atoms with E-state index in [1.807, 2.05) is 0 Å². The zero-order chi connectivity index (χ0) is 20.8. The van der Waals surface area contributed by atoms with Gasteiger partial charge < -0.3 is 4.90 Å². The molecule has 152 valence electrons. The molecule has 1 amide bonds. The van der Waals surface area contributed by atoms with Crippen molar-refractivity contribution in [3.63, 3.8) is 0 Å². The molecule has 0 atom stereocenters. The predicted molar refractivity (Wildman–Crippen MR) is 121 cm³/mol. The summed E-state index contributed by atoms with van der Waals surface area (Å²) in [7, 11) is -3.59. The van der Waals surface area contributed by atoms with Gasteiger partial charge in [0.2, 0.25) is 10.0 Å². The van der Waals surface area contributed by atoms with Crippen LogP contribution in [0.3, 0.4) is 0 Å². The molecule has 1 aliphatic rings.